The van der Waals surface area contributed by atoms with Gasteiger partial charge in [-0.05, 0) is 36.8 Å². The Morgan fingerprint density at radius 3 is 2.38 bits per heavy atom. The standard InChI is InChI=1S/C22H26FN3O3/c1-16-3-6-18(7-4-16)22(28)24-14-21(27)26-11-9-25(10-12-26)15-17-5-8-20(29-2)19(23)13-17/h3-8,13H,9-12,14-15H2,1-2H3,(H,24,28). The van der Waals surface area contributed by atoms with E-state index in [1.807, 2.05) is 25.1 Å². The summed E-state index contributed by atoms with van der Waals surface area (Å²) in [7, 11) is 1.44. The van der Waals surface area contributed by atoms with Crippen molar-refractivity contribution in [3.05, 3.63) is 65.0 Å². The molecule has 3 rings (SSSR count). The first-order chi connectivity index (χ1) is 14.0. The smallest absolute Gasteiger partial charge is 0.251 e. The van der Waals surface area contributed by atoms with Gasteiger partial charge in [-0.25, -0.2) is 4.39 Å². The van der Waals surface area contributed by atoms with E-state index in [2.05, 4.69) is 10.2 Å². The van der Waals surface area contributed by atoms with Crippen molar-refractivity contribution in [1.82, 2.24) is 15.1 Å². The number of hydrogen-bond acceptors (Lipinski definition) is 4. The first-order valence-electron chi connectivity index (χ1n) is 9.63. The van der Waals surface area contributed by atoms with E-state index in [0.29, 0.717) is 38.3 Å². The number of nitrogens with one attached hydrogen (secondary N) is 1. The van der Waals surface area contributed by atoms with Crippen LogP contribution < -0.4 is 10.1 Å². The highest BCUT2D eigenvalue weighted by Gasteiger charge is 2.21. The highest BCUT2D eigenvalue weighted by atomic mass is 19.1. The Balaban J connectivity index is 1.44. The molecule has 154 valence electrons. The zero-order chi connectivity index (χ0) is 20.8. The van der Waals surface area contributed by atoms with Gasteiger partial charge >= 0.3 is 0 Å². The summed E-state index contributed by atoms with van der Waals surface area (Å²) in [6.07, 6.45) is 0. The summed E-state index contributed by atoms with van der Waals surface area (Å²) in [5, 5.41) is 2.69. The number of aryl methyl sites for hydroxylation is 1. The van der Waals surface area contributed by atoms with Crippen molar-refractivity contribution in [2.24, 2.45) is 0 Å². The molecular weight excluding hydrogens is 373 g/mol. The van der Waals surface area contributed by atoms with Crippen molar-refractivity contribution in [2.45, 2.75) is 13.5 Å². The molecule has 1 saturated heterocycles. The third kappa shape index (κ3) is 5.54. The molecule has 2 amide bonds. The lowest BCUT2D eigenvalue weighted by Gasteiger charge is -2.34. The number of hydrogen-bond donors (Lipinski definition) is 1. The maximum atomic E-state index is 13.8. The van der Waals surface area contributed by atoms with E-state index in [1.54, 1.807) is 23.1 Å². The van der Waals surface area contributed by atoms with E-state index in [0.717, 1.165) is 11.1 Å². The minimum absolute atomic E-state index is 0.0175. The van der Waals surface area contributed by atoms with Crippen LogP contribution in [-0.4, -0.2) is 61.4 Å². The summed E-state index contributed by atoms with van der Waals surface area (Å²) in [6.45, 7) is 5.12. The molecule has 0 unspecified atom stereocenters. The van der Waals surface area contributed by atoms with Crippen LogP contribution in [0.5, 0.6) is 5.75 Å². The fourth-order valence-corrected chi connectivity index (χ4v) is 3.30. The normalized spacial score (nSPS) is 14.5. The van der Waals surface area contributed by atoms with E-state index in [4.69, 9.17) is 4.74 Å². The Kier molecular flexibility index (Phi) is 6.82. The highest BCUT2D eigenvalue weighted by molar-refractivity contribution is 5.96. The van der Waals surface area contributed by atoms with Crippen LogP contribution >= 0.6 is 0 Å². The summed E-state index contributed by atoms with van der Waals surface area (Å²) in [5.41, 5.74) is 2.49. The van der Waals surface area contributed by atoms with Crippen LogP contribution in [0.25, 0.3) is 0 Å². The number of benzene rings is 2. The molecule has 1 heterocycles. The maximum absolute atomic E-state index is 13.8. The van der Waals surface area contributed by atoms with Crippen molar-refractivity contribution in [3.63, 3.8) is 0 Å². The van der Waals surface area contributed by atoms with Gasteiger partial charge in [0.1, 0.15) is 0 Å². The van der Waals surface area contributed by atoms with Gasteiger partial charge in [0, 0.05) is 38.3 Å². The average Bonchev–Trinajstić information content (AvgIpc) is 2.73. The Morgan fingerprint density at radius 2 is 1.76 bits per heavy atom. The van der Waals surface area contributed by atoms with Crippen molar-refractivity contribution >= 4 is 11.8 Å². The van der Waals surface area contributed by atoms with Crippen LogP contribution in [0.1, 0.15) is 21.5 Å². The van der Waals surface area contributed by atoms with Crippen LogP contribution in [0.3, 0.4) is 0 Å². The first kappa shape index (κ1) is 20.8. The minimum atomic E-state index is -0.372. The Labute approximate surface area is 170 Å². The second kappa shape index (κ2) is 9.52. The van der Waals surface area contributed by atoms with Gasteiger partial charge in [0.25, 0.3) is 5.91 Å². The Morgan fingerprint density at radius 1 is 1.07 bits per heavy atom. The van der Waals surface area contributed by atoms with Gasteiger partial charge in [-0.1, -0.05) is 23.8 Å². The fraction of sp³-hybridized carbons (Fsp3) is 0.364. The number of ether oxygens (including phenoxy) is 1. The lowest BCUT2D eigenvalue weighted by molar-refractivity contribution is -0.131. The van der Waals surface area contributed by atoms with Gasteiger partial charge in [-0.2, -0.15) is 0 Å². The number of carbonyl (C=O) groups is 2. The van der Waals surface area contributed by atoms with Gasteiger partial charge in [-0.15, -0.1) is 0 Å². The van der Waals surface area contributed by atoms with Crippen LogP contribution in [0, 0.1) is 12.7 Å². The molecule has 0 aromatic heterocycles. The topological polar surface area (TPSA) is 61.9 Å². The number of nitrogens with zero attached hydrogens (tertiary/aromatic N) is 2. The quantitative estimate of drug-likeness (QED) is 0.809. The molecule has 1 aliphatic heterocycles. The van der Waals surface area contributed by atoms with Gasteiger partial charge < -0.3 is 15.0 Å². The van der Waals surface area contributed by atoms with Gasteiger partial charge in [-0.3, -0.25) is 14.5 Å². The summed E-state index contributed by atoms with van der Waals surface area (Å²) < 4.78 is 18.8. The zero-order valence-electron chi connectivity index (χ0n) is 16.8. The summed E-state index contributed by atoms with van der Waals surface area (Å²) in [5.74, 6) is -0.487. The van der Waals surface area contributed by atoms with E-state index in [9.17, 15) is 14.0 Å². The first-order valence-corrected chi connectivity index (χ1v) is 9.63. The minimum Gasteiger partial charge on any atom is -0.494 e. The number of rotatable bonds is 6. The van der Waals surface area contributed by atoms with Crippen LogP contribution in [0.4, 0.5) is 4.39 Å². The number of piperazine rings is 1. The summed E-state index contributed by atoms with van der Waals surface area (Å²) >= 11 is 0. The van der Waals surface area contributed by atoms with Gasteiger partial charge in [0.2, 0.25) is 5.91 Å². The van der Waals surface area contributed by atoms with E-state index >= 15 is 0 Å². The maximum Gasteiger partial charge on any atom is 0.251 e. The molecule has 1 N–H and O–H groups in total. The Bertz CT molecular complexity index is 862. The van der Waals surface area contributed by atoms with Gasteiger partial charge in [0.05, 0.1) is 13.7 Å². The third-order valence-corrected chi connectivity index (χ3v) is 5.06. The van der Waals surface area contributed by atoms with E-state index < -0.39 is 0 Å². The van der Waals surface area contributed by atoms with Crippen molar-refractivity contribution in [2.75, 3.05) is 39.8 Å². The monoisotopic (exact) mass is 399 g/mol. The SMILES string of the molecule is COc1ccc(CN2CCN(C(=O)CNC(=O)c3ccc(C)cc3)CC2)cc1F. The molecule has 0 saturated carbocycles. The Hall–Kier alpha value is -2.93. The molecule has 0 radical (unpaired) electrons. The van der Waals surface area contributed by atoms with Crippen molar-refractivity contribution in [1.29, 1.82) is 0 Å². The molecule has 2 aromatic carbocycles. The number of methoxy groups -OCH3 is 1. The number of halogens is 1. The largest absolute Gasteiger partial charge is 0.494 e. The predicted molar refractivity (Wildman–Crippen MR) is 108 cm³/mol. The third-order valence-electron chi connectivity index (χ3n) is 5.06. The van der Waals surface area contributed by atoms with Crippen LogP contribution in [0.2, 0.25) is 0 Å². The van der Waals surface area contributed by atoms with Crippen LogP contribution in [0.15, 0.2) is 42.5 Å². The molecule has 2 aromatic rings. The lowest BCUT2D eigenvalue weighted by atomic mass is 10.1. The molecule has 0 spiro atoms. The highest BCUT2D eigenvalue weighted by Crippen LogP contribution is 2.19. The van der Waals surface area contributed by atoms with Crippen LogP contribution in [-0.2, 0) is 11.3 Å². The molecule has 29 heavy (non-hydrogen) atoms. The van der Waals surface area contributed by atoms with Gasteiger partial charge in [0.15, 0.2) is 11.6 Å². The molecule has 0 atom stereocenters. The molecule has 6 nitrogen and oxygen atoms in total. The lowest BCUT2D eigenvalue weighted by Crippen LogP contribution is -2.50. The van der Waals surface area contributed by atoms with Crippen molar-refractivity contribution in [3.8, 4) is 5.75 Å². The number of amides is 2. The molecule has 1 fully saturated rings. The van der Waals surface area contributed by atoms with E-state index in [-0.39, 0.29) is 29.9 Å². The second-order valence-electron chi connectivity index (χ2n) is 7.17. The zero-order valence-corrected chi connectivity index (χ0v) is 16.8. The molecular formula is C22H26FN3O3. The molecule has 1 aliphatic rings. The average molecular weight is 399 g/mol. The second-order valence-corrected chi connectivity index (χ2v) is 7.17. The fourth-order valence-electron chi connectivity index (χ4n) is 3.30. The van der Waals surface area contributed by atoms with Crippen molar-refractivity contribution < 1.29 is 18.7 Å². The van der Waals surface area contributed by atoms with E-state index in [1.165, 1.54) is 13.2 Å². The molecule has 7 heteroatoms. The molecule has 0 aliphatic carbocycles. The predicted octanol–water partition coefficient (Wildman–Crippen LogP) is 2.22. The number of carbonyl (C=O) groups excluding carboxylic acids is 2. The summed E-state index contributed by atoms with van der Waals surface area (Å²) in [4.78, 5) is 28.5. The summed E-state index contributed by atoms with van der Waals surface area (Å²) in [6, 6.07) is 12.2. The molecule has 0 bridgehead atoms.